The number of nitrogens with zero attached hydrogens (tertiary/aromatic N) is 6. The summed E-state index contributed by atoms with van der Waals surface area (Å²) in [4.78, 5) is 23.0. The van der Waals surface area contributed by atoms with Crippen molar-refractivity contribution in [2.24, 2.45) is 0 Å². The van der Waals surface area contributed by atoms with Crippen LogP contribution in [0.15, 0.2) is 48.7 Å². The molecule has 6 rings (SSSR count). The van der Waals surface area contributed by atoms with Gasteiger partial charge in [-0.05, 0) is 44.4 Å². The molecule has 1 saturated heterocycles. The Kier molecular flexibility index (Phi) is 5.62. The summed E-state index contributed by atoms with van der Waals surface area (Å²) in [5.74, 6) is 2.35. The Balaban J connectivity index is 1.20. The second-order valence-electron chi connectivity index (χ2n) is 10.1. The first-order valence-electron chi connectivity index (χ1n) is 12.8. The highest BCUT2D eigenvalue weighted by Crippen LogP contribution is 2.43. The number of fused-ring (bicyclic) bond motifs is 1. The highest BCUT2D eigenvalue weighted by Gasteiger charge is 2.45. The number of aromatic amines is 1. The predicted molar refractivity (Wildman–Crippen MR) is 140 cm³/mol. The second kappa shape index (κ2) is 8.96. The summed E-state index contributed by atoms with van der Waals surface area (Å²) in [6, 6.07) is 14.5. The fraction of sp³-hybridized carbons (Fsp3) is 0.407. The molecule has 9 nitrogen and oxygen atoms in total. The third-order valence-corrected chi connectivity index (χ3v) is 7.65. The second-order valence-corrected chi connectivity index (χ2v) is 10.1. The summed E-state index contributed by atoms with van der Waals surface area (Å²) in [5.41, 5.74) is 3.88. The van der Waals surface area contributed by atoms with Crippen molar-refractivity contribution in [3.63, 3.8) is 0 Å². The van der Waals surface area contributed by atoms with E-state index in [1.165, 1.54) is 11.1 Å². The van der Waals surface area contributed by atoms with Gasteiger partial charge in [0.05, 0.1) is 5.41 Å². The number of H-pyrrole nitrogens is 1. The molecule has 0 radical (unpaired) electrons. The summed E-state index contributed by atoms with van der Waals surface area (Å²) < 4.78 is 1.84. The average Bonchev–Trinajstić information content (AvgIpc) is 3.66. The van der Waals surface area contributed by atoms with Gasteiger partial charge in [-0.15, -0.1) is 5.10 Å². The molecule has 0 spiro atoms. The molecule has 2 fully saturated rings. The highest BCUT2D eigenvalue weighted by molar-refractivity contribution is 5.89. The van der Waals surface area contributed by atoms with Crippen molar-refractivity contribution in [1.29, 1.82) is 0 Å². The lowest BCUT2D eigenvalue weighted by atomic mass is 9.77. The fourth-order valence-corrected chi connectivity index (χ4v) is 5.64. The first-order valence-corrected chi connectivity index (χ1v) is 12.8. The molecule has 1 aromatic carbocycles. The Hall–Kier alpha value is -3.88. The van der Waals surface area contributed by atoms with Gasteiger partial charge in [0.25, 0.3) is 0 Å². The van der Waals surface area contributed by atoms with Gasteiger partial charge in [0.2, 0.25) is 11.9 Å². The van der Waals surface area contributed by atoms with Crippen LogP contribution in [0.2, 0.25) is 0 Å². The quantitative estimate of drug-likeness (QED) is 0.445. The summed E-state index contributed by atoms with van der Waals surface area (Å²) in [6.45, 7) is 6.79. The molecule has 9 heteroatoms. The van der Waals surface area contributed by atoms with Gasteiger partial charge >= 0.3 is 0 Å². The van der Waals surface area contributed by atoms with E-state index in [9.17, 15) is 4.79 Å². The molecule has 1 aliphatic carbocycles. The summed E-state index contributed by atoms with van der Waals surface area (Å²) >= 11 is 0. The van der Waals surface area contributed by atoms with Crippen LogP contribution in [0, 0.1) is 13.8 Å². The molecule has 2 aliphatic rings. The molecule has 2 N–H and O–H groups in total. The van der Waals surface area contributed by atoms with Crippen molar-refractivity contribution in [1.82, 2.24) is 29.7 Å². The van der Waals surface area contributed by atoms with Crippen molar-refractivity contribution >= 4 is 29.0 Å². The van der Waals surface area contributed by atoms with E-state index in [-0.39, 0.29) is 11.3 Å². The number of amides is 1. The largest absolute Gasteiger partial charge is 0.338 e. The van der Waals surface area contributed by atoms with Gasteiger partial charge in [-0.1, -0.05) is 42.7 Å². The van der Waals surface area contributed by atoms with E-state index in [4.69, 9.17) is 10.1 Å². The van der Waals surface area contributed by atoms with E-state index >= 15 is 0 Å². The molecule has 0 unspecified atom stereocenters. The zero-order valence-electron chi connectivity index (χ0n) is 20.9. The van der Waals surface area contributed by atoms with E-state index in [0.29, 0.717) is 43.8 Å². The molecule has 0 bridgehead atoms. The minimum atomic E-state index is -0.380. The molecule has 3 aromatic heterocycles. The van der Waals surface area contributed by atoms with E-state index in [1.807, 2.05) is 35.8 Å². The monoisotopic (exact) mass is 484 g/mol. The smallest absolute Gasteiger partial charge is 0.245 e. The number of carbonyl (C=O) groups is 1. The summed E-state index contributed by atoms with van der Waals surface area (Å²) in [6.07, 6.45) is 6.01. The van der Waals surface area contributed by atoms with Crippen LogP contribution < -0.4 is 10.2 Å². The molecule has 1 amide bonds. The molecule has 186 valence electrons. The van der Waals surface area contributed by atoms with Crippen LogP contribution >= 0.6 is 0 Å². The summed E-state index contributed by atoms with van der Waals surface area (Å²) in [7, 11) is 0. The Morgan fingerprint density at radius 1 is 1.03 bits per heavy atom. The lowest BCUT2D eigenvalue weighted by Gasteiger charge is -2.40. The molecule has 4 aromatic rings. The highest BCUT2D eigenvalue weighted by atomic mass is 16.2. The first kappa shape index (κ1) is 22.6. The van der Waals surface area contributed by atoms with Gasteiger partial charge in [0.1, 0.15) is 5.52 Å². The first-order chi connectivity index (χ1) is 17.5. The fourth-order valence-electron chi connectivity index (χ4n) is 5.64. The number of anilines is 3. The Morgan fingerprint density at radius 3 is 2.47 bits per heavy atom. The maximum atomic E-state index is 13.9. The number of aryl methyl sites for hydroxylation is 2. The molecule has 4 heterocycles. The van der Waals surface area contributed by atoms with Crippen molar-refractivity contribution in [3.05, 3.63) is 65.5 Å². The van der Waals surface area contributed by atoms with Gasteiger partial charge in [-0.2, -0.15) is 10.1 Å². The Bertz CT molecular complexity index is 1370. The van der Waals surface area contributed by atoms with Crippen LogP contribution in [0.5, 0.6) is 0 Å². The standard InChI is InChI=1S/C27H32N8O/c1-19-7-9-21(10-8-19)27(11-3-4-12-27)25(36)33-14-16-34(17-15-33)26-29-24(22-6-5-13-35(22)32-26)28-23-18-20(2)30-31-23/h5-10,13,18H,3-4,11-12,14-17H2,1-2H3,(H2,28,29,30,31,32). The maximum absolute atomic E-state index is 13.9. The van der Waals surface area contributed by atoms with E-state index in [0.717, 1.165) is 36.9 Å². The van der Waals surface area contributed by atoms with Gasteiger partial charge in [0.15, 0.2) is 11.6 Å². The minimum Gasteiger partial charge on any atom is -0.338 e. The number of hydrogen-bond donors (Lipinski definition) is 2. The van der Waals surface area contributed by atoms with Crippen molar-refractivity contribution in [2.45, 2.75) is 44.9 Å². The minimum absolute atomic E-state index is 0.279. The molecule has 1 aliphatic heterocycles. The van der Waals surface area contributed by atoms with Gasteiger partial charge in [0, 0.05) is 44.1 Å². The summed E-state index contributed by atoms with van der Waals surface area (Å²) in [5, 5.41) is 15.3. The van der Waals surface area contributed by atoms with Gasteiger partial charge < -0.3 is 15.1 Å². The topological polar surface area (TPSA) is 94.5 Å². The molecule has 36 heavy (non-hydrogen) atoms. The molecular formula is C27H32N8O. The third kappa shape index (κ3) is 3.98. The Morgan fingerprint density at radius 2 is 1.78 bits per heavy atom. The number of nitrogens with one attached hydrogen (secondary N) is 2. The zero-order valence-corrected chi connectivity index (χ0v) is 20.9. The van der Waals surface area contributed by atoms with Gasteiger partial charge in [-0.3, -0.25) is 9.89 Å². The van der Waals surface area contributed by atoms with Crippen LogP contribution in [0.25, 0.3) is 5.52 Å². The zero-order chi connectivity index (χ0) is 24.7. The van der Waals surface area contributed by atoms with E-state index < -0.39 is 0 Å². The van der Waals surface area contributed by atoms with Crippen LogP contribution in [-0.2, 0) is 10.2 Å². The number of aromatic nitrogens is 5. The van der Waals surface area contributed by atoms with Crippen LogP contribution in [0.3, 0.4) is 0 Å². The number of piperazine rings is 1. The van der Waals surface area contributed by atoms with Crippen LogP contribution in [0.1, 0.15) is 42.5 Å². The SMILES string of the molecule is Cc1ccc(C2(C(=O)N3CCN(c4nc(Nc5cc(C)[nH]n5)c5cccn5n4)CC3)CCCC2)cc1. The number of hydrogen-bond acceptors (Lipinski definition) is 6. The number of benzene rings is 1. The third-order valence-electron chi connectivity index (χ3n) is 7.65. The van der Waals surface area contributed by atoms with Crippen molar-refractivity contribution < 1.29 is 4.79 Å². The lowest BCUT2D eigenvalue weighted by molar-refractivity contribution is -0.137. The number of carbonyl (C=O) groups excluding carboxylic acids is 1. The normalized spacial score (nSPS) is 17.6. The Labute approximate surface area is 210 Å². The molecular weight excluding hydrogens is 452 g/mol. The molecule has 1 saturated carbocycles. The van der Waals surface area contributed by atoms with E-state index in [1.54, 1.807) is 0 Å². The molecule has 0 atom stereocenters. The predicted octanol–water partition coefficient (Wildman–Crippen LogP) is 3.97. The van der Waals surface area contributed by atoms with Crippen LogP contribution in [-0.4, -0.2) is 61.8 Å². The van der Waals surface area contributed by atoms with Crippen molar-refractivity contribution in [3.8, 4) is 0 Å². The lowest BCUT2D eigenvalue weighted by Crippen LogP contribution is -2.54. The van der Waals surface area contributed by atoms with E-state index in [2.05, 4.69) is 56.5 Å². The maximum Gasteiger partial charge on any atom is 0.245 e. The van der Waals surface area contributed by atoms with Gasteiger partial charge in [-0.25, -0.2) is 4.52 Å². The van der Waals surface area contributed by atoms with Crippen LogP contribution in [0.4, 0.5) is 17.6 Å². The number of rotatable bonds is 5. The average molecular weight is 485 g/mol. The van der Waals surface area contributed by atoms with Crippen molar-refractivity contribution in [2.75, 3.05) is 36.4 Å².